The number of benzene rings is 8. The average Bonchev–Trinajstić information content (AvgIpc) is 3.85. The summed E-state index contributed by atoms with van der Waals surface area (Å²) in [5.74, 6) is 0. The highest BCUT2D eigenvalue weighted by Gasteiger charge is 2.21. The first-order chi connectivity index (χ1) is 26.8. The van der Waals surface area contributed by atoms with E-state index in [0.29, 0.717) is 0 Å². The van der Waals surface area contributed by atoms with Crippen molar-refractivity contribution in [1.29, 1.82) is 0 Å². The number of imidazole rings is 1. The second-order valence-electron chi connectivity index (χ2n) is 13.9. The Morgan fingerprint density at radius 1 is 0.370 bits per heavy atom. The summed E-state index contributed by atoms with van der Waals surface area (Å²) in [6.07, 6.45) is 0. The molecular weight excluding hydrogens is 657 g/mol. The molecule has 3 heterocycles. The fraction of sp³-hybridized carbons (Fsp3) is 0. The normalized spacial score (nSPS) is 11.7. The first-order valence-electron chi connectivity index (χ1n) is 18.4. The van der Waals surface area contributed by atoms with E-state index in [9.17, 15) is 0 Å². The minimum atomic E-state index is 0.915. The van der Waals surface area contributed by atoms with Gasteiger partial charge in [-0.25, -0.2) is 4.98 Å². The highest BCUT2D eigenvalue weighted by atomic mass is 16.3. The number of fused-ring (bicyclic) bond motifs is 9. The Bertz CT molecular complexity index is 3190. The van der Waals surface area contributed by atoms with Gasteiger partial charge in [0.05, 0.1) is 16.9 Å². The van der Waals surface area contributed by atoms with Crippen molar-refractivity contribution >= 4 is 49.3 Å². The maximum absolute atomic E-state index is 6.34. The van der Waals surface area contributed by atoms with Gasteiger partial charge in [-0.15, -0.1) is 0 Å². The Balaban J connectivity index is 1.03. The molecule has 0 saturated carbocycles. The molecule has 0 saturated heterocycles. The average molecular weight is 689 g/mol. The Kier molecular flexibility index (Phi) is 6.86. The maximum atomic E-state index is 6.34. The lowest BCUT2D eigenvalue weighted by atomic mass is 9.95. The summed E-state index contributed by atoms with van der Waals surface area (Å²) in [6, 6.07) is 69.1. The van der Waals surface area contributed by atoms with Gasteiger partial charge in [-0.05, 0) is 57.5 Å². The molecular formula is C51H32N2O. The van der Waals surface area contributed by atoms with E-state index in [4.69, 9.17) is 9.40 Å². The largest absolute Gasteiger partial charge is 0.455 e. The fourth-order valence-electron chi connectivity index (χ4n) is 8.23. The second-order valence-corrected chi connectivity index (χ2v) is 13.9. The van der Waals surface area contributed by atoms with Crippen molar-refractivity contribution < 1.29 is 4.42 Å². The molecule has 0 fully saturated rings. The SMILES string of the molecule is c1ccc(-c2nc3c4ccccc4c4cc(-c5cccc(-c6ccc(-c7cccc8c7oc7ccccc78)cc6)c5)ccc4n3c2-c2ccccc2)cc1. The lowest BCUT2D eigenvalue weighted by Gasteiger charge is -2.14. The quantitative estimate of drug-likeness (QED) is 0.169. The smallest absolute Gasteiger partial charge is 0.146 e. The third-order valence-electron chi connectivity index (χ3n) is 10.8. The second kappa shape index (κ2) is 12.2. The van der Waals surface area contributed by atoms with Crippen LogP contribution in [0.15, 0.2) is 199 Å². The molecule has 8 aromatic carbocycles. The monoisotopic (exact) mass is 688 g/mol. The summed E-state index contributed by atoms with van der Waals surface area (Å²) in [4.78, 5) is 5.37. The number of para-hydroxylation sites is 2. The fourth-order valence-corrected chi connectivity index (χ4v) is 8.23. The molecule has 0 aliphatic rings. The van der Waals surface area contributed by atoms with Crippen molar-refractivity contribution in [2.24, 2.45) is 0 Å². The van der Waals surface area contributed by atoms with Gasteiger partial charge >= 0.3 is 0 Å². The van der Waals surface area contributed by atoms with Gasteiger partial charge in [-0.3, -0.25) is 4.40 Å². The van der Waals surface area contributed by atoms with Crippen molar-refractivity contribution in [2.45, 2.75) is 0 Å². The van der Waals surface area contributed by atoms with E-state index in [1.165, 1.54) is 33.0 Å². The molecule has 0 bridgehead atoms. The van der Waals surface area contributed by atoms with Crippen molar-refractivity contribution in [3.05, 3.63) is 194 Å². The number of furan rings is 1. The van der Waals surface area contributed by atoms with Gasteiger partial charge in [0, 0.05) is 38.2 Å². The molecule has 0 aliphatic heterocycles. The van der Waals surface area contributed by atoms with Gasteiger partial charge in [-0.2, -0.15) is 0 Å². The topological polar surface area (TPSA) is 30.4 Å². The van der Waals surface area contributed by atoms with E-state index in [0.717, 1.165) is 72.1 Å². The lowest BCUT2D eigenvalue weighted by molar-refractivity contribution is 0.670. The van der Waals surface area contributed by atoms with Crippen LogP contribution in [0.4, 0.5) is 0 Å². The third kappa shape index (κ3) is 4.79. The van der Waals surface area contributed by atoms with Gasteiger partial charge in [0.1, 0.15) is 16.8 Å². The first kappa shape index (κ1) is 30.4. The van der Waals surface area contributed by atoms with E-state index in [1.54, 1.807) is 0 Å². The molecule has 0 spiro atoms. The van der Waals surface area contributed by atoms with Crippen LogP contribution in [0.5, 0.6) is 0 Å². The zero-order valence-corrected chi connectivity index (χ0v) is 29.3. The number of rotatable bonds is 5. The van der Waals surface area contributed by atoms with Crippen LogP contribution in [0.3, 0.4) is 0 Å². The zero-order chi connectivity index (χ0) is 35.6. The maximum Gasteiger partial charge on any atom is 0.146 e. The number of aromatic nitrogens is 2. The molecule has 0 N–H and O–H groups in total. The Morgan fingerprint density at radius 3 is 1.74 bits per heavy atom. The number of pyridine rings is 1. The molecule has 54 heavy (non-hydrogen) atoms. The molecule has 0 atom stereocenters. The molecule has 3 heteroatoms. The van der Waals surface area contributed by atoms with E-state index in [1.807, 2.05) is 12.1 Å². The highest BCUT2D eigenvalue weighted by Crippen LogP contribution is 2.41. The molecule has 0 aliphatic carbocycles. The van der Waals surface area contributed by atoms with Crippen molar-refractivity contribution in [1.82, 2.24) is 9.38 Å². The minimum Gasteiger partial charge on any atom is -0.455 e. The summed E-state index contributed by atoms with van der Waals surface area (Å²) in [5, 5.41) is 5.81. The molecule has 0 amide bonds. The van der Waals surface area contributed by atoms with Crippen LogP contribution >= 0.6 is 0 Å². The van der Waals surface area contributed by atoms with E-state index < -0.39 is 0 Å². The molecule has 3 nitrogen and oxygen atoms in total. The first-order valence-corrected chi connectivity index (χ1v) is 18.4. The number of hydrogen-bond donors (Lipinski definition) is 0. The van der Waals surface area contributed by atoms with Gasteiger partial charge in [-0.1, -0.05) is 170 Å². The van der Waals surface area contributed by atoms with Crippen LogP contribution in [0.25, 0.3) is 105 Å². The van der Waals surface area contributed by atoms with Crippen molar-refractivity contribution in [3.63, 3.8) is 0 Å². The number of hydrogen-bond acceptors (Lipinski definition) is 2. The van der Waals surface area contributed by atoms with E-state index in [-0.39, 0.29) is 0 Å². The van der Waals surface area contributed by atoms with Gasteiger partial charge in [0.15, 0.2) is 0 Å². The van der Waals surface area contributed by atoms with Crippen LogP contribution in [0.2, 0.25) is 0 Å². The predicted octanol–water partition coefficient (Wildman–Crippen LogP) is 13.9. The minimum absolute atomic E-state index is 0.915. The standard InChI is InChI=1S/C51H32N2O/c1-3-13-35(14-4-1)48-49(36-15-5-2-6-16-36)53-46-30-29-39(32-45(46)41-19-7-8-21-44(41)51(53)52-48)38-18-11-17-37(31-38)33-25-27-34(28-26-33)40-22-12-23-43-42-20-9-10-24-47(42)54-50(40)43/h1-32H. The van der Waals surface area contributed by atoms with Gasteiger partial charge in [0.2, 0.25) is 0 Å². The molecule has 0 radical (unpaired) electrons. The summed E-state index contributed by atoms with van der Waals surface area (Å²) in [5.41, 5.74) is 15.2. The summed E-state index contributed by atoms with van der Waals surface area (Å²) in [6.45, 7) is 0. The van der Waals surface area contributed by atoms with Gasteiger partial charge < -0.3 is 4.42 Å². The van der Waals surface area contributed by atoms with Crippen molar-refractivity contribution in [3.8, 4) is 55.9 Å². The summed E-state index contributed by atoms with van der Waals surface area (Å²) < 4.78 is 8.71. The Morgan fingerprint density at radius 2 is 0.944 bits per heavy atom. The third-order valence-corrected chi connectivity index (χ3v) is 10.8. The van der Waals surface area contributed by atoms with Crippen LogP contribution < -0.4 is 0 Å². The summed E-state index contributed by atoms with van der Waals surface area (Å²) in [7, 11) is 0. The molecule has 3 aromatic heterocycles. The van der Waals surface area contributed by atoms with Crippen LogP contribution in [-0.4, -0.2) is 9.38 Å². The zero-order valence-electron chi connectivity index (χ0n) is 29.3. The Labute approximate surface area is 312 Å². The van der Waals surface area contributed by atoms with Crippen LogP contribution in [0, 0.1) is 0 Å². The number of nitrogens with zero attached hydrogens (tertiary/aromatic N) is 2. The van der Waals surface area contributed by atoms with E-state index in [2.05, 4.69) is 186 Å². The molecule has 11 aromatic rings. The highest BCUT2D eigenvalue weighted by molar-refractivity contribution is 6.14. The van der Waals surface area contributed by atoms with E-state index >= 15 is 0 Å². The summed E-state index contributed by atoms with van der Waals surface area (Å²) >= 11 is 0. The molecule has 11 rings (SSSR count). The predicted molar refractivity (Wildman–Crippen MR) is 225 cm³/mol. The molecule has 252 valence electrons. The van der Waals surface area contributed by atoms with Crippen molar-refractivity contribution in [2.75, 3.05) is 0 Å². The lowest BCUT2D eigenvalue weighted by Crippen LogP contribution is -1.95. The Hall–Kier alpha value is -7.23. The van der Waals surface area contributed by atoms with Gasteiger partial charge in [0.25, 0.3) is 0 Å². The van der Waals surface area contributed by atoms with Crippen LogP contribution in [-0.2, 0) is 0 Å². The molecule has 0 unspecified atom stereocenters. The van der Waals surface area contributed by atoms with Crippen LogP contribution in [0.1, 0.15) is 0 Å².